The molecule has 7 nitrogen and oxygen atoms in total. The number of rotatable bonds is 7. The highest BCUT2D eigenvalue weighted by Gasteiger charge is 2.18. The fraction of sp³-hybridized carbons (Fsp3) is 0.217. The number of nitrogens with one attached hydrogen (secondary N) is 3. The predicted octanol–water partition coefficient (Wildman–Crippen LogP) is 3.51. The molecule has 0 aliphatic rings. The molecule has 0 aliphatic carbocycles. The molecule has 1 atom stereocenters. The van der Waals surface area contributed by atoms with E-state index in [0.717, 1.165) is 22.2 Å². The van der Waals surface area contributed by atoms with Crippen molar-refractivity contribution in [1.82, 2.24) is 25.3 Å². The van der Waals surface area contributed by atoms with Gasteiger partial charge < -0.3 is 15.3 Å². The molecule has 0 bridgehead atoms. The summed E-state index contributed by atoms with van der Waals surface area (Å²) in [5.41, 5.74) is 4.74. The SMILES string of the molecule is CSc1nc(C)c(CCC(=O)NC(c2ccccc2)c2ccc3nc[nH]c3c2)c(=O)[nH]1. The van der Waals surface area contributed by atoms with Crippen molar-refractivity contribution >= 4 is 28.7 Å². The largest absolute Gasteiger partial charge is 0.345 e. The number of nitrogens with zero attached hydrogens (tertiary/aromatic N) is 2. The minimum atomic E-state index is -0.308. The van der Waals surface area contributed by atoms with Crippen molar-refractivity contribution in [3.8, 4) is 0 Å². The van der Waals surface area contributed by atoms with E-state index in [1.807, 2.05) is 54.8 Å². The number of benzene rings is 2. The third kappa shape index (κ3) is 4.69. The molecule has 0 aliphatic heterocycles. The molecule has 1 unspecified atom stereocenters. The van der Waals surface area contributed by atoms with Gasteiger partial charge in [0.25, 0.3) is 5.56 Å². The summed E-state index contributed by atoms with van der Waals surface area (Å²) < 4.78 is 0. The lowest BCUT2D eigenvalue weighted by atomic mass is 9.97. The van der Waals surface area contributed by atoms with Gasteiger partial charge in [0.1, 0.15) is 0 Å². The number of aromatic nitrogens is 4. The number of aryl methyl sites for hydroxylation is 1. The number of hydrogen-bond acceptors (Lipinski definition) is 5. The van der Waals surface area contributed by atoms with Crippen LogP contribution in [0, 0.1) is 6.92 Å². The third-order valence-electron chi connectivity index (χ3n) is 5.21. The van der Waals surface area contributed by atoms with Gasteiger partial charge >= 0.3 is 0 Å². The van der Waals surface area contributed by atoms with E-state index in [-0.39, 0.29) is 23.9 Å². The van der Waals surface area contributed by atoms with Gasteiger partial charge in [-0.05, 0) is 42.9 Å². The molecule has 3 N–H and O–H groups in total. The number of imidazole rings is 1. The number of amides is 1. The Morgan fingerprint density at radius 2 is 1.97 bits per heavy atom. The summed E-state index contributed by atoms with van der Waals surface area (Å²) in [5, 5.41) is 3.71. The standard InChI is InChI=1S/C23H23N5O2S/c1-14-17(22(30)28-23(26-14)31-2)9-11-20(29)27-21(15-6-4-3-5-7-15)16-8-10-18-19(12-16)25-13-24-18/h3-8,10,12-13,21H,9,11H2,1-2H3,(H,24,25)(H,27,29)(H,26,28,30). The summed E-state index contributed by atoms with van der Waals surface area (Å²) in [6.45, 7) is 1.80. The van der Waals surface area contributed by atoms with Gasteiger partial charge in [-0.25, -0.2) is 9.97 Å². The first-order chi connectivity index (χ1) is 15.0. The highest BCUT2D eigenvalue weighted by molar-refractivity contribution is 7.98. The summed E-state index contributed by atoms with van der Waals surface area (Å²) in [5.74, 6) is -0.133. The first-order valence-electron chi connectivity index (χ1n) is 9.96. The zero-order chi connectivity index (χ0) is 21.8. The van der Waals surface area contributed by atoms with Crippen molar-refractivity contribution in [3.63, 3.8) is 0 Å². The van der Waals surface area contributed by atoms with E-state index < -0.39 is 0 Å². The Morgan fingerprint density at radius 3 is 2.71 bits per heavy atom. The van der Waals surface area contributed by atoms with E-state index in [9.17, 15) is 9.59 Å². The van der Waals surface area contributed by atoms with Gasteiger partial charge in [-0.2, -0.15) is 0 Å². The maximum Gasteiger partial charge on any atom is 0.254 e. The van der Waals surface area contributed by atoms with Gasteiger partial charge in [-0.1, -0.05) is 48.2 Å². The molecule has 2 heterocycles. The van der Waals surface area contributed by atoms with Crippen LogP contribution in [0.15, 0.2) is 64.8 Å². The molecule has 31 heavy (non-hydrogen) atoms. The van der Waals surface area contributed by atoms with Crippen LogP contribution < -0.4 is 10.9 Å². The number of aromatic amines is 2. The number of fused-ring (bicyclic) bond motifs is 1. The molecular formula is C23H23N5O2S. The van der Waals surface area contributed by atoms with Gasteiger partial charge in [-0.3, -0.25) is 9.59 Å². The Bertz CT molecular complexity index is 1270. The van der Waals surface area contributed by atoms with Crippen LogP contribution in [0.2, 0.25) is 0 Å². The molecule has 2 aromatic heterocycles. The zero-order valence-corrected chi connectivity index (χ0v) is 18.1. The molecule has 0 radical (unpaired) electrons. The number of thioether (sulfide) groups is 1. The van der Waals surface area contributed by atoms with Gasteiger partial charge in [0.05, 0.1) is 23.4 Å². The number of carbonyl (C=O) groups excluding carboxylic acids is 1. The Morgan fingerprint density at radius 1 is 1.16 bits per heavy atom. The number of hydrogen-bond donors (Lipinski definition) is 3. The number of carbonyl (C=O) groups is 1. The summed E-state index contributed by atoms with van der Waals surface area (Å²) in [6, 6.07) is 15.4. The Kier molecular flexibility index (Phi) is 6.18. The minimum absolute atomic E-state index is 0.133. The van der Waals surface area contributed by atoms with Crippen LogP contribution in [0.5, 0.6) is 0 Å². The molecule has 0 saturated heterocycles. The summed E-state index contributed by atoms with van der Waals surface area (Å²) in [7, 11) is 0. The highest BCUT2D eigenvalue weighted by atomic mass is 32.2. The number of H-pyrrole nitrogens is 2. The molecule has 1 amide bonds. The van der Waals surface area contributed by atoms with Gasteiger partial charge in [-0.15, -0.1) is 0 Å². The third-order valence-corrected chi connectivity index (χ3v) is 5.79. The topological polar surface area (TPSA) is 104 Å². The van der Waals surface area contributed by atoms with E-state index >= 15 is 0 Å². The molecule has 158 valence electrons. The maximum absolute atomic E-state index is 12.9. The average Bonchev–Trinajstić information content (AvgIpc) is 3.25. The van der Waals surface area contributed by atoms with Gasteiger partial charge in [0.15, 0.2) is 5.16 Å². The zero-order valence-electron chi connectivity index (χ0n) is 17.3. The average molecular weight is 434 g/mol. The maximum atomic E-state index is 12.9. The molecule has 0 saturated carbocycles. The summed E-state index contributed by atoms with van der Waals surface area (Å²) >= 11 is 1.38. The van der Waals surface area contributed by atoms with E-state index in [4.69, 9.17) is 0 Å². The van der Waals surface area contributed by atoms with Crippen molar-refractivity contribution in [3.05, 3.63) is 87.6 Å². The quantitative estimate of drug-likeness (QED) is 0.306. The summed E-state index contributed by atoms with van der Waals surface area (Å²) in [4.78, 5) is 39.7. The Hall–Kier alpha value is -3.39. The second-order valence-electron chi connectivity index (χ2n) is 7.23. The Balaban J connectivity index is 1.55. The van der Waals surface area contributed by atoms with Crippen molar-refractivity contribution in [2.45, 2.75) is 31.0 Å². The van der Waals surface area contributed by atoms with Crippen molar-refractivity contribution in [1.29, 1.82) is 0 Å². The molecular weight excluding hydrogens is 410 g/mol. The van der Waals surface area contributed by atoms with E-state index in [1.165, 1.54) is 11.8 Å². The van der Waals surface area contributed by atoms with E-state index in [2.05, 4.69) is 25.3 Å². The van der Waals surface area contributed by atoms with Gasteiger partial charge in [0.2, 0.25) is 5.91 Å². The molecule has 0 spiro atoms. The van der Waals surface area contributed by atoms with E-state index in [0.29, 0.717) is 22.8 Å². The molecule has 8 heteroatoms. The predicted molar refractivity (Wildman–Crippen MR) is 122 cm³/mol. The van der Waals surface area contributed by atoms with Crippen LogP contribution in [0.25, 0.3) is 11.0 Å². The fourth-order valence-electron chi connectivity index (χ4n) is 3.58. The molecule has 4 aromatic rings. The van der Waals surface area contributed by atoms with Crippen LogP contribution in [0.3, 0.4) is 0 Å². The normalized spacial score (nSPS) is 12.1. The van der Waals surface area contributed by atoms with Crippen LogP contribution in [-0.2, 0) is 11.2 Å². The minimum Gasteiger partial charge on any atom is -0.345 e. The Labute approximate surface area is 183 Å². The lowest BCUT2D eigenvalue weighted by molar-refractivity contribution is -0.121. The van der Waals surface area contributed by atoms with Crippen molar-refractivity contribution < 1.29 is 4.79 Å². The lowest BCUT2D eigenvalue weighted by Crippen LogP contribution is -2.30. The van der Waals surface area contributed by atoms with Crippen LogP contribution in [0.4, 0.5) is 0 Å². The molecule has 2 aromatic carbocycles. The van der Waals surface area contributed by atoms with E-state index in [1.54, 1.807) is 13.3 Å². The van der Waals surface area contributed by atoms with Crippen LogP contribution in [0.1, 0.15) is 34.8 Å². The van der Waals surface area contributed by atoms with Crippen LogP contribution in [-0.4, -0.2) is 32.1 Å². The molecule has 0 fully saturated rings. The van der Waals surface area contributed by atoms with Crippen molar-refractivity contribution in [2.24, 2.45) is 0 Å². The van der Waals surface area contributed by atoms with Crippen LogP contribution >= 0.6 is 11.8 Å². The fourth-order valence-corrected chi connectivity index (χ4v) is 4.01. The monoisotopic (exact) mass is 433 g/mol. The first kappa shape index (κ1) is 20.9. The summed E-state index contributed by atoms with van der Waals surface area (Å²) in [6.07, 6.45) is 4.03. The lowest BCUT2D eigenvalue weighted by Gasteiger charge is -2.20. The highest BCUT2D eigenvalue weighted by Crippen LogP contribution is 2.25. The second kappa shape index (κ2) is 9.18. The van der Waals surface area contributed by atoms with Gasteiger partial charge in [0, 0.05) is 17.7 Å². The second-order valence-corrected chi connectivity index (χ2v) is 8.02. The smallest absolute Gasteiger partial charge is 0.254 e. The van der Waals surface area contributed by atoms with Crippen molar-refractivity contribution in [2.75, 3.05) is 6.26 Å². The first-order valence-corrected chi connectivity index (χ1v) is 11.2. The molecule has 4 rings (SSSR count).